The van der Waals surface area contributed by atoms with Crippen LogP contribution < -0.4 is 10.6 Å². The Morgan fingerprint density at radius 2 is 2.16 bits per heavy atom. The minimum atomic E-state index is -0.162. The Morgan fingerprint density at radius 1 is 1.42 bits per heavy atom. The van der Waals surface area contributed by atoms with E-state index in [1.807, 2.05) is 0 Å². The number of aromatic nitrogens is 1. The van der Waals surface area contributed by atoms with Gasteiger partial charge in [0, 0.05) is 21.8 Å². The standard InChI is InChI=1S/C13H11ClIN3O/c1-18(12-4-5-17-7-11(12)16)13(19)9-6-8(14)2-3-10(9)15/h2-7H,16H2,1H3. The highest BCUT2D eigenvalue weighted by Gasteiger charge is 2.18. The van der Waals surface area contributed by atoms with Crippen LogP contribution in [-0.2, 0) is 0 Å². The topological polar surface area (TPSA) is 59.2 Å². The van der Waals surface area contributed by atoms with E-state index in [2.05, 4.69) is 27.6 Å². The van der Waals surface area contributed by atoms with Gasteiger partial charge in [0.05, 0.1) is 23.1 Å². The first-order chi connectivity index (χ1) is 9.00. The average molecular weight is 388 g/mol. The van der Waals surface area contributed by atoms with Gasteiger partial charge in [0.2, 0.25) is 0 Å². The number of halogens is 2. The lowest BCUT2D eigenvalue weighted by molar-refractivity contribution is 0.0992. The summed E-state index contributed by atoms with van der Waals surface area (Å²) in [5, 5.41) is 0.528. The predicted octanol–water partition coefficient (Wildman–Crippen LogP) is 3.20. The van der Waals surface area contributed by atoms with Gasteiger partial charge in [-0.15, -0.1) is 0 Å². The number of anilines is 2. The number of benzene rings is 1. The zero-order chi connectivity index (χ0) is 14.0. The number of rotatable bonds is 2. The molecule has 0 aliphatic rings. The molecule has 4 nitrogen and oxygen atoms in total. The van der Waals surface area contributed by atoms with E-state index in [0.29, 0.717) is 22.0 Å². The van der Waals surface area contributed by atoms with Gasteiger partial charge in [-0.25, -0.2) is 0 Å². The lowest BCUT2D eigenvalue weighted by atomic mass is 10.2. The Hall–Kier alpha value is -1.34. The molecule has 0 aliphatic carbocycles. The third kappa shape index (κ3) is 2.98. The molecular weight excluding hydrogens is 377 g/mol. The zero-order valence-corrected chi connectivity index (χ0v) is 13.0. The smallest absolute Gasteiger partial charge is 0.259 e. The van der Waals surface area contributed by atoms with Crippen molar-refractivity contribution in [2.24, 2.45) is 0 Å². The summed E-state index contributed by atoms with van der Waals surface area (Å²) in [5.74, 6) is -0.162. The number of hydrogen-bond acceptors (Lipinski definition) is 3. The monoisotopic (exact) mass is 387 g/mol. The third-order valence-electron chi connectivity index (χ3n) is 2.65. The van der Waals surface area contributed by atoms with Gasteiger partial charge in [-0.05, 0) is 46.9 Å². The van der Waals surface area contributed by atoms with Crippen molar-refractivity contribution in [3.8, 4) is 0 Å². The van der Waals surface area contributed by atoms with Gasteiger partial charge in [-0.2, -0.15) is 0 Å². The van der Waals surface area contributed by atoms with Crippen molar-refractivity contribution in [2.45, 2.75) is 0 Å². The van der Waals surface area contributed by atoms with E-state index in [9.17, 15) is 4.79 Å². The molecule has 1 amide bonds. The Bertz CT molecular complexity index is 633. The van der Waals surface area contributed by atoms with Crippen LogP contribution in [0.5, 0.6) is 0 Å². The molecule has 2 rings (SSSR count). The van der Waals surface area contributed by atoms with Gasteiger partial charge in [0.15, 0.2) is 0 Å². The van der Waals surface area contributed by atoms with Gasteiger partial charge in [0.25, 0.3) is 5.91 Å². The number of nitrogens with two attached hydrogens (primary N) is 1. The van der Waals surface area contributed by atoms with Crippen molar-refractivity contribution in [1.82, 2.24) is 4.98 Å². The fraction of sp³-hybridized carbons (Fsp3) is 0.0769. The minimum absolute atomic E-state index is 0.162. The molecule has 0 unspecified atom stereocenters. The fourth-order valence-corrected chi connectivity index (χ4v) is 2.39. The second kappa shape index (κ2) is 5.75. The number of amides is 1. The third-order valence-corrected chi connectivity index (χ3v) is 3.83. The summed E-state index contributed by atoms with van der Waals surface area (Å²) in [6.45, 7) is 0. The van der Waals surface area contributed by atoms with Crippen molar-refractivity contribution in [3.05, 3.63) is 50.8 Å². The number of carbonyl (C=O) groups excluding carboxylic acids is 1. The summed E-state index contributed by atoms with van der Waals surface area (Å²) in [7, 11) is 1.67. The first-order valence-corrected chi connectivity index (χ1v) is 6.89. The van der Waals surface area contributed by atoms with E-state index in [-0.39, 0.29) is 5.91 Å². The summed E-state index contributed by atoms with van der Waals surface area (Å²) in [4.78, 5) is 17.9. The minimum Gasteiger partial charge on any atom is -0.396 e. The lowest BCUT2D eigenvalue weighted by Crippen LogP contribution is -2.27. The lowest BCUT2D eigenvalue weighted by Gasteiger charge is -2.19. The molecule has 0 radical (unpaired) electrons. The molecule has 1 heterocycles. The number of hydrogen-bond donors (Lipinski definition) is 1. The predicted molar refractivity (Wildman–Crippen MR) is 85.6 cm³/mol. The van der Waals surface area contributed by atoms with Crippen molar-refractivity contribution in [2.75, 3.05) is 17.7 Å². The van der Waals surface area contributed by atoms with Crippen LogP contribution in [0.1, 0.15) is 10.4 Å². The molecule has 0 fully saturated rings. The Morgan fingerprint density at radius 3 is 2.84 bits per heavy atom. The van der Waals surface area contributed by atoms with Gasteiger partial charge in [-0.3, -0.25) is 9.78 Å². The Kier molecular flexibility index (Phi) is 4.26. The van der Waals surface area contributed by atoms with Crippen LogP contribution in [0.3, 0.4) is 0 Å². The molecule has 0 saturated heterocycles. The molecule has 0 saturated carbocycles. The molecule has 1 aromatic heterocycles. The molecule has 98 valence electrons. The van der Waals surface area contributed by atoms with Crippen LogP contribution in [0.15, 0.2) is 36.7 Å². The summed E-state index contributed by atoms with van der Waals surface area (Å²) >= 11 is 8.04. The summed E-state index contributed by atoms with van der Waals surface area (Å²) in [5.41, 5.74) is 7.44. The SMILES string of the molecule is CN(C(=O)c1cc(Cl)ccc1I)c1ccncc1N. The molecule has 0 atom stereocenters. The molecular formula is C13H11ClIN3O. The summed E-state index contributed by atoms with van der Waals surface area (Å²) in [6.07, 6.45) is 3.11. The van der Waals surface area contributed by atoms with Gasteiger partial charge >= 0.3 is 0 Å². The van der Waals surface area contributed by atoms with E-state index in [1.165, 1.54) is 11.1 Å². The van der Waals surface area contributed by atoms with Crippen molar-refractivity contribution < 1.29 is 4.79 Å². The molecule has 0 spiro atoms. The van der Waals surface area contributed by atoms with Gasteiger partial charge in [0.1, 0.15) is 0 Å². The fourth-order valence-electron chi connectivity index (χ4n) is 1.66. The van der Waals surface area contributed by atoms with E-state index in [1.54, 1.807) is 37.5 Å². The zero-order valence-electron chi connectivity index (χ0n) is 10.1. The highest BCUT2D eigenvalue weighted by atomic mass is 127. The second-order valence-corrected chi connectivity index (χ2v) is 5.52. The average Bonchev–Trinajstić information content (AvgIpc) is 2.40. The number of nitrogen functional groups attached to an aromatic ring is 1. The molecule has 2 aromatic rings. The molecule has 2 N–H and O–H groups in total. The van der Waals surface area contributed by atoms with Crippen LogP contribution in [0, 0.1) is 3.57 Å². The highest BCUT2D eigenvalue weighted by molar-refractivity contribution is 14.1. The maximum Gasteiger partial charge on any atom is 0.259 e. The van der Waals surface area contributed by atoms with E-state index >= 15 is 0 Å². The van der Waals surface area contributed by atoms with Crippen molar-refractivity contribution >= 4 is 51.5 Å². The van der Waals surface area contributed by atoms with Gasteiger partial charge in [-0.1, -0.05) is 11.6 Å². The Labute approximate surface area is 129 Å². The molecule has 0 bridgehead atoms. The first kappa shape index (κ1) is 14.1. The molecule has 1 aromatic carbocycles. The molecule has 6 heteroatoms. The van der Waals surface area contributed by atoms with Crippen molar-refractivity contribution in [3.63, 3.8) is 0 Å². The van der Waals surface area contributed by atoms with Crippen LogP contribution in [0.2, 0.25) is 5.02 Å². The number of pyridine rings is 1. The highest BCUT2D eigenvalue weighted by Crippen LogP contribution is 2.24. The normalized spacial score (nSPS) is 10.3. The molecule has 0 aliphatic heterocycles. The Balaban J connectivity index is 2.39. The van der Waals surface area contributed by atoms with E-state index in [4.69, 9.17) is 17.3 Å². The van der Waals surface area contributed by atoms with Crippen LogP contribution in [0.25, 0.3) is 0 Å². The van der Waals surface area contributed by atoms with E-state index in [0.717, 1.165) is 3.57 Å². The second-order valence-electron chi connectivity index (χ2n) is 3.92. The van der Waals surface area contributed by atoms with Crippen LogP contribution in [-0.4, -0.2) is 17.9 Å². The first-order valence-electron chi connectivity index (χ1n) is 5.43. The van der Waals surface area contributed by atoms with E-state index < -0.39 is 0 Å². The quantitative estimate of drug-likeness (QED) is 0.805. The number of nitrogens with zero attached hydrogens (tertiary/aromatic N) is 2. The maximum atomic E-state index is 12.5. The largest absolute Gasteiger partial charge is 0.396 e. The molecule has 19 heavy (non-hydrogen) atoms. The maximum absolute atomic E-state index is 12.5. The van der Waals surface area contributed by atoms with Crippen LogP contribution in [0.4, 0.5) is 11.4 Å². The van der Waals surface area contributed by atoms with Crippen molar-refractivity contribution in [1.29, 1.82) is 0 Å². The van der Waals surface area contributed by atoms with Crippen LogP contribution >= 0.6 is 34.2 Å². The summed E-state index contributed by atoms with van der Waals surface area (Å²) < 4.78 is 0.839. The summed E-state index contributed by atoms with van der Waals surface area (Å²) in [6, 6.07) is 6.91. The number of carbonyl (C=O) groups is 1. The van der Waals surface area contributed by atoms with Gasteiger partial charge < -0.3 is 10.6 Å².